The predicted octanol–water partition coefficient (Wildman–Crippen LogP) is 5.32. The van der Waals surface area contributed by atoms with E-state index >= 15 is 0 Å². The number of hydrogen-bond acceptors (Lipinski definition) is 3. The minimum absolute atomic E-state index is 0.154. The Morgan fingerprint density at radius 2 is 1.69 bits per heavy atom. The fraction of sp³-hybridized carbons (Fsp3) is 0. The molecule has 6 heteroatoms. The molecule has 0 bridgehead atoms. The Balaban J connectivity index is 1.50. The number of hydrogen-bond donors (Lipinski definition) is 3. The molecule has 0 unspecified atom stereocenters. The molecule has 0 aliphatic carbocycles. The molecule has 4 aromatic rings. The van der Waals surface area contributed by atoms with E-state index in [0.29, 0.717) is 17.2 Å². The van der Waals surface area contributed by atoms with E-state index in [1.807, 2.05) is 60.7 Å². The zero-order valence-electron chi connectivity index (χ0n) is 13.7. The molecule has 0 saturated heterocycles. The molecule has 128 valence electrons. The van der Waals surface area contributed by atoms with Crippen molar-refractivity contribution in [2.45, 2.75) is 0 Å². The highest BCUT2D eigenvalue weighted by molar-refractivity contribution is 9.10. The molecule has 5 nitrogen and oxygen atoms in total. The molecule has 3 N–H and O–H groups in total. The van der Waals surface area contributed by atoms with Crippen molar-refractivity contribution in [3.8, 4) is 0 Å². The second kappa shape index (κ2) is 7.01. The third kappa shape index (κ3) is 3.60. The lowest BCUT2D eigenvalue weighted by atomic mass is 10.2. The molecular formula is C20H15BrN4O. The minimum atomic E-state index is -0.154. The van der Waals surface area contributed by atoms with Gasteiger partial charge in [0, 0.05) is 21.4 Å². The van der Waals surface area contributed by atoms with Gasteiger partial charge in [-0.1, -0.05) is 34.1 Å². The Hall–Kier alpha value is -3.12. The third-order valence-corrected chi connectivity index (χ3v) is 4.41. The van der Waals surface area contributed by atoms with Crippen LogP contribution in [0.5, 0.6) is 0 Å². The summed E-state index contributed by atoms with van der Waals surface area (Å²) in [6.07, 6.45) is 0. The first kappa shape index (κ1) is 16.4. The van der Waals surface area contributed by atoms with Crippen LogP contribution < -0.4 is 10.6 Å². The molecule has 3 aromatic carbocycles. The van der Waals surface area contributed by atoms with Crippen molar-refractivity contribution in [1.29, 1.82) is 0 Å². The van der Waals surface area contributed by atoms with Crippen molar-refractivity contribution in [1.82, 2.24) is 9.97 Å². The van der Waals surface area contributed by atoms with Crippen molar-refractivity contribution >= 4 is 50.2 Å². The third-order valence-electron chi connectivity index (χ3n) is 3.88. The second-order valence-corrected chi connectivity index (χ2v) is 6.69. The Bertz CT molecular complexity index is 1040. The Morgan fingerprint density at radius 1 is 0.923 bits per heavy atom. The van der Waals surface area contributed by atoms with Gasteiger partial charge in [-0.25, -0.2) is 4.98 Å². The summed E-state index contributed by atoms with van der Waals surface area (Å²) in [5.74, 6) is 0.501. The molecule has 4 rings (SSSR count). The van der Waals surface area contributed by atoms with Gasteiger partial charge in [-0.3, -0.25) is 4.79 Å². The highest BCUT2D eigenvalue weighted by Crippen LogP contribution is 2.21. The molecule has 26 heavy (non-hydrogen) atoms. The second-order valence-electron chi connectivity index (χ2n) is 5.77. The van der Waals surface area contributed by atoms with Crippen molar-refractivity contribution < 1.29 is 4.79 Å². The van der Waals surface area contributed by atoms with Gasteiger partial charge in [0.25, 0.3) is 5.91 Å². The molecule has 0 saturated carbocycles. The van der Waals surface area contributed by atoms with Crippen LogP contribution in [0.4, 0.5) is 17.3 Å². The molecule has 0 atom stereocenters. The molecule has 1 amide bonds. The van der Waals surface area contributed by atoms with Crippen LogP contribution in [-0.4, -0.2) is 15.9 Å². The summed E-state index contributed by atoms with van der Waals surface area (Å²) in [5.41, 5.74) is 4.00. The molecule has 0 spiro atoms. The van der Waals surface area contributed by atoms with Crippen LogP contribution >= 0.6 is 15.9 Å². The summed E-state index contributed by atoms with van der Waals surface area (Å²) in [6.45, 7) is 0. The molecular weight excluding hydrogens is 392 g/mol. The largest absolute Gasteiger partial charge is 0.326 e. The Kier molecular flexibility index (Phi) is 4.41. The number of carbonyl (C=O) groups is 1. The molecule has 0 radical (unpaired) electrons. The summed E-state index contributed by atoms with van der Waals surface area (Å²) in [7, 11) is 0. The van der Waals surface area contributed by atoms with E-state index in [4.69, 9.17) is 0 Å². The van der Waals surface area contributed by atoms with Gasteiger partial charge in [-0.15, -0.1) is 0 Å². The Morgan fingerprint density at radius 3 is 2.50 bits per heavy atom. The van der Waals surface area contributed by atoms with E-state index in [1.54, 1.807) is 12.1 Å². The number of para-hydroxylation sites is 2. The quantitative estimate of drug-likeness (QED) is 0.429. The summed E-state index contributed by atoms with van der Waals surface area (Å²) in [6, 6.07) is 22.6. The number of anilines is 3. The number of benzene rings is 3. The number of fused-ring (bicyclic) bond motifs is 1. The van der Waals surface area contributed by atoms with E-state index in [1.165, 1.54) is 0 Å². The number of rotatable bonds is 4. The molecule has 0 aliphatic heterocycles. The van der Waals surface area contributed by atoms with Crippen LogP contribution in [0.15, 0.2) is 77.3 Å². The van der Waals surface area contributed by atoms with Crippen molar-refractivity contribution in [2.75, 3.05) is 10.6 Å². The maximum Gasteiger partial charge on any atom is 0.255 e. The van der Waals surface area contributed by atoms with E-state index < -0.39 is 0 Å². The van der Waals surface area contributed by atoms with Gasteiger partial charge in [-0.2, -0.15) is 0 Å². The lowest BCUT2D eigenvalue weighted by Crippen LogP contribution is -2.11. The van der Waals surface area contributed by atoms with E-state index in [0.717, 1.165) is 21.2 Å². The summed E-state index contributed by atoms with van der Waals surface area (Å²) < 4.78 is 0.936. The average molecular weight is 407 g/mol. The van der Waals surface area contributed by atoms with Gasteiger partial charge in [0.1, 0.15) is 0 Å². The summed E-state index contributed by atoms with van der Waals surface area (Å²) in [5, 5.41) is 6.14. The van der Waals surface area contributed by atoms with Gasteiger partial charge >= 0.3 is 0 Å². The number of nitrogens with one attached hydrogen (secondary N) is 3. The predicted molar refractivity (Wildman–Crippen MR) is 108 cm³/mol. The van der Waals surface area contributed by atoms with Crippen LogP contribution in [0.25, 0.3) is 11.0 Å². The summed E-state index contributed by atoms with van der Waals surface area (Å²) in [4.78, 5) is 20.1. The van der Waals surface area contributed by atoms with Crippen molar-refractivity contribution in [2.24, 2.45) is 0 Å². The lowest BCUT2D eigenvalue weighted by molar-refractivity contribution is 0.102. The Labute approximate surface area is 158 Å². The van der Waals surface area contributed by atoms with Crippen LogP contribution in [-0.2, 0) is 0 Å². The highest BCUT2D eigenvalue weighted by atomic mass is 79.9. The van der Waals surface area contributed by atoms with Crippen LogP contribution in [0.1, 0.15) is 10.4 Å². The van der Waals surface area contributed by atoms with Crippen molar-refractivity contribution in [3.05, 3.63) is 82.8 Å². The van der Waals surface area contributed by atoms with Gasteiger partial charge in [0.05, 0.1) is 11.0 Å². The monoisotopic (exact) mass is 406 g/mol. The number of nitrogens with zero attached hydrogens (tertiary/aromatic N) is 1. The highest BCUT2D eigenvalue weighted by Gasteiger charge is 2.07. The number of aromatic amines is 1. The first-order valence-corrected chi connectivity index (χ1v) is 8.85. The number of H-pyrrole nitrogens is 1. The number of imidazole rings is 1. The average Bonchev–Trinajstić information content (AvgIpc) is 3.04. The van der Waals surface area contributed by atoms with Crippen LogP contribution in [0.2, 0.25) is 0 Å². The van der Waals surface area contributed by atoms with Gasteiger partial charge < -0.3 is 15.6 Å². The van der Waals surface area contributed by atoms with E-state index in [-0.39, 0.29) is 5.91 Å². The molecule has 1 aromatic heterocycles. The molecule has 0 aliphatic rings. The number of amides is 1. The molecule has 1 heterocycles. The maximum absolute atomic E-state index is 12.3. The van der Waals surface area contributed by atoms with Crippen LogP contribution in [0.3, 0.4) is 0 Å². The first-order valence-electron chi connectivity index (χ1n) is 8.06. The van der Waals surface area contributed by atoms with Gasteiger partial charge in [-0.05, 0) is 54.6 Å². The maximum atomic E-state index is 12.3. The SMILES string of the molecule is O=C(Nc1cccc(Nc2nc3ccccc3[nH]2)c1)c1ccc(Br)cc1. The topological polar surface area (TPSA) is 69.8 Å². The fourth-order valence-corrected chi connectivity index (χ4v) is 2.89. The molecule has 0 fully saturated rings. The van der Waals surface area contributed by atoms with Gasteiger partial charge in [0.15, 0.2) is 0 Å². The van der Waals surface area contributed by atoms with Crippen molar-refractivity contribution in [3.63, 3.8) is 0 Å². The van der Waals surface area contributed by atoms with E-state index in [2.05, 4.69) is 36.5 Å². The summed E-state index contributed by atoms with van der Waals surface area (Å²) >= 11 is 3.37. The van der Waals surface area contributed by atoms with Crippen LogP contribution in [0, 0.1) is 0 Å². The fourth-order valence-electron chi connectivity index (χ4n) is 2.63. The minimum Gasteiger partial charge on any atom is -0.326 e. The number of carbonyl (C=O) groups excluding carboxylic acids is 1. The zero-order chi connectivity index (χ0) is 17.9. The first-order chi connectivity index (χ1) is 12.7. The standard InChI is InChI=1S/C20H15BrN4O/c21-14-10-8-13(9-11-14)19(26)22-15-4-3-5-16(12-15)23-20-24-17-6-1-2-7-18(17)25-20/h1-12H,(H,22,26)(H2,23,24,25). The smallest absolute Gasteiger partial charge is 0.255 e. The zero-order valence-corrected chi connectivity index (χ0v) is 15.2. The van der Waals surface area contributed by atoms with E-state index in [9.17, 15) is 4.79 Å². The number of halogens is 1. The van der Waals surface area contributed by atoms with Gasteiger partial charge in [0.2, 0.25) is 5.95 Å². The lowest BCUT2D eigenvalue weighted by Gasteiger charge is -2.08. The number of aromatic nitrogens is 2. The normalized spacial score (nSPS) is 10.7.